The van der Waals surface area contributed by atoms with Crippen LogP contribution in [0.1, 0.15) is 15.9 Å². The lowest BCUT2D eigenvalue weighted by atomic mass is 10.2. The molecule has 19 heavy (non-hydrogen) atoms. The maximum atomic E-state index is 11.4. The quantitative estimate of drug-likeness (QED) is 0.892. The van der Waals surface area contributed by atoms with Gasteiger partial charge in [0.1, 0.15) is 5.75 Å². The summed E-state index contributed by atoms with van der Waals surface area (Å²) in [5, 5.41) is 2.59. The topological polar surface area (TPSA) is 38.3 Å². The highest BCUT2D eigenvalue weighted by Crippen LogP contribution is 2.12. The summed E-state index contributed by atoms with van der Waals surface area (Å²) in [6.45, 7) is 0.628. The first-order chi connectivity index (χ1) is 9.29. The van der Waals surface area contributed by atoms with E-state index in [1.54, 1.807) is 19.2 Å². The zero-order valence-corrected chi connectivity index (χ0v) is 10.9. The minimum Gasteiger partial charge on any atom is -0.493 e. The highest BCUT2D eigenvalue weighted by atomic mass is 16.5. The van der Waals surface area contributed by atoms with Crippen LogP contribution in [0.25, 0.3) is 0 Å². The summed E-state index contributed by atoms with van der Waals surface area (Å²) in [7, 11) is 1.62. The van der Waals surface area contributed by atoms with Crippen LogP contribution in [0.5, 0.6) is 5.75 Å². The van der Waals surface area contributed by atoms with Crippen LogP contribution in [0.15, 0.2) is 54.6 Å². The molecule has 0 unspecified atom stereocenters. The second-order valence-electron chi connectivity index (χ2n) is 4.19. The molecule has 98 valence electrons. The Bertz CT molecular complexity index is 520. The van der Waals surface area contributed by atoms with Gasteiger partial charge in [0.25, 0.3) is 5.91 Å². The third-order valence-corrected chi connectivity index (χ3v) is 2.85. The number of carbonyl (C=O) groups excluding carboxylic acids is 1. The molecule has 3 heteroatoms. The van der Waals surface area contributed by atoms with E-state index >= 15 is 0 Å². The molecule has 2 rings (SSSR count). The molecular formula is C16H17NO2. The van der Waals surface area contributed by atoms with Gasteiger partial charge >= 0.3 is 0 Å². The van der Waals surface area contributed by atoms with Gasteiger partial charge in [-0.3, -0.25) is 4.79 Å². The number of hydrogen-bond acceptors (Lipinski definition) is 2. The van der Waals surface area contributed by atoms with Crippen molar-refractivity contribution in [2.45, 2.75) is 6.42 Å². The third-order valence-electron chi connectivity index (χ3n) is 2.85. The fourth-order valence-electron chi connectivity index (χ4n) is 1.78. The number of amides is 1. The summed E-state index contributed by atoms with van der Waals surface area (Å²) in [6, 6.07) is 17.4. The Morgan fingerprint density at radius 1 is 1.05 bits per heavy atom. The number of rotatable bonds is 5. The molecule has 2 aromatic carbocycles. The molecule has 0 heterocycles. The largest absolute Gasteiger partial charge is 0.493 e. The van der Waals surface area contributed by atoms with Crippen LogP contribution in [0, 0.1) is 0 Å². The average molecular weight is 255 g/mol. The molecule has 0 atom stereocenters. The van der Waals surface area contributed by atoms with E-state index in [9.17, 15) is 4.79 Å². The minimum atomic E-state index is -0.0872. The lowest BCUT2D eigenvalue weighted by molar-refractivity contribution is 0.0963. The van der Waals surface area contributed by atoms with Crippen molar-refractivity contribution in [3.8, 4) is 5.75 Å². The smallest absolute Gasteiger partial charge is 0.251 e. The molecule has 0 fully saturated rings. The lowest BCUT2D eigenvalue weighted by Gasteiger charge is -2.07. The summed E-state index contributed by atoms with van der Waals surface area (Å²) >= 11 is 0. The van der Waals surface area contributed by atoms with Crippen molar-refractivity contribution in [1.82, 2.24) is 5.32 Å². The van der Waals surface area contributed by atoms with Crippen molar-refractivity contribution in [1.29, 1.82) is 0 Å². The third kappa shape index (κ3) is 3.85. The zero-order valence-electron chi connectivity index (χ0n) is 10.9. The van der Waals surface area contributed by atoms with Crippen molar-refractivity contribution in [2.75, 3.05) is 13.7 Å². The molecule has 0 radical (unpaired) electrons. The number of nitrogens with one attached hydrogen (secondary N) is 1. The number of benzene rings is 2. The van der Waals surface area contributed by atoms with E-state index < -0.39 is 0 Å². The Morgan fingerprint density at radius 3 is 2.37 bits per heavy atom. The molecule has 0 aromatic heterocycles. The van der Waals surface area contributed by atoms with Gasteiger partial charge in [0.15, 0.2) is 0 Å². The average Bonchev–Trinajstić information content (AvgIpc) is 2.48. The normalized spacial score (nSPS) is 9.95. The number of hydrogen-bond donors (Lipinski definition) is 1. The van der Waals surface area contributed by atoms with Crippen LogP contribution < -0.4 is 10.1 Å². The van der Waals surface area contributed by atoms with E-state index in [2.05, 4.69) is 17.4 Å². The van der Waals surface area contributed by atoms with Crippen molar-refractivity contribution in [3.05, 3.63) is 65.7 Å². The Balaban J connectivity index is 1.85. The monoisotopic (exact) mass is 255 g/mol. The zero-order chi connectivity index (χ0) is 13.5. The Morgan fingerprint density at radius 2 is 1.74 bits per heavy atom. The van der Waals surface area contributed by atoms with Crippen LogP contribution in [0.2, 0.25) is 0 Å². The fourth-order valence-corrected chi connectivity index (χ4v) is 1.78. The van der Waals surface area contributed by atoms with Crippen molar-refractivity contribution >= 4 is 5.91 Å². The van der Waals surface area contributed by atoms with Gasteiger partial charge in [-0.05, 0) is 29.8 Å². The molecule has 0 spiro atoms. The SMILES string of the molecule is CNC(=O)c1ccc(OCCc2ccccc2)cc1. The maximum absolute atomic E-state index is 11.4. The molecule has 0 aliphatic carbocycles. The first kappa shape index (κ1) is 13.1. The van der Waals surface area contributed by atoms with E-state index in [0.717, 1.165) is 12.2 Å². The van der Waals surface area contributed by atoms with Gasteiger partial charge in [0, 0.05) is 19.0 Å². The van der Waals surface area contributed by atoms with Crippen molar-refractivity contribution in [3.63, 3.8) is 0 Å². The molecule has 0 bridgehead atoms. The van der Waals surface area contributed by atoms with Gasteiger partial charge in [0.2, 0.25) is 0 Å². The molecule has 0 aliphatic heterocycles. The molecule has 2 aromatic rings. The van der Waals surface area contributed by atoms with E-state index in [-0.39, 0.29) is 5.91 Å². The van der Waals surface area contributed by atoms with E-state index in [1.165, 1.54) is 5.56 Å². The van der Waals surface area contributed by atoms with E-state index in [1.807, 2.05) is 30.3 Å². The van der Waals surface area contributed by atoms with Gasteiger partial charge in [-0.2, -0.15) is 0 Å². The molecule has 3 nitrogen and oxygen atoms in total. The Labute approximate surface area is 113 Å². The van der Waals surface area contributed by atoms with E-state index in [0.29, 0.717) is 12.2 Å². The van der Waals surface area contributed by atoms with Crippen molar-refractivity contribution in [2.24, 2.45) is 0 Å². The molecule has 1 N–H and O–H groups in total. The maximum Gasteiger partial charge on any atom is 0.251 e. The highest BCUT2D eigenvalue weighted by Gasteiger charge is 2.02. The number of ether oxygens (including phenoxy) is 1. The van der Waals surface area contributed by atoms with Gasteiger partial charge in [-0.25, -0.2) is 0 Å². The van der Waals surface area contributed by atoms with Crippen LogP contribution in [-0.2, 0) is 6.42 Å². The van der Waals surface area contributed by atoms with Crippen LogP contribution in [0.3, 0.4) is 0 Å². The summed E-state index contributed by atoms with van der Waals surface area (Å²) in [6.07, 6.45) is 0.873. The van der Waals surface area contributed by atoms with Crippen LogP contribution >= 0.6 is 0 Å². The molecule has 0 saturated carbocycles. The minimum absolute atomic E-state index is 0.0872. The van der Waals surface area contributed by atoms with Gasteiger partial charge in [-0.1, -0.05) is 30.3 Å². The lowest BCUT2D eigenvalue weighted by Crippen LogP contribution is -2.17. The fraction of sp³-hybridized carbons (Fsp3) is 0.188. The van der Waals surface area contributed by atoms with Gasteiger partial charge < -0.3 is 10.1 Å². The summed E-state index contributed by atoms with van der Waals surface area (Å²) < 4.78 is 5.65. The van der Waals surface area contributed by atoms with Gasteiger partial charge in [0.05, 0.1) is 6.61 Å². The Kier molecular flexibility index (Phi) is 4.56. The number of carbonyl (C=O) groups is 1. The predicted octanol–water partition coefficient (Wildman–Crippen LogP) is 2.67. The predicted molar refractivity (Wildman–Crippen MR) is 75.5 cm³/mol. The first-order valence-corrected chi connectivity index (χ1v) is 6.28. The second kappa shape index (κ2) is 6.59. The Hall–Kier alpha value is -2.29. The molecular weight excluding hydrogens is 238 g/mol. The van der Waals surface area contributed by atoms with Crippen LogP contribution in [-0.4, -0.2) is 19.6 Å². The van der Waals surface area contributed by atoms with Crippen LogP contribution in [0.4, 0.5) is 0 Å². The summed E-state index contributed by atoms with van der Waals surface area (Å²) in [5.41, 5.74) is 1.89. The molecule has 0 saturated heterocycles. The summed E-state index contributed by atoms with van der Waals surface area (Å²) in [4.78, 5) is 11.4. The molecule has 0 aliphatic rings. The first-order valence-electron chi connectivity index (χ1n) is 6.28. The molecule has 1 amide bonds. The standard InChI is InChI=1S/C16H17NO2/c1-17-16(18)14-7-9-15(10-8-14)19-12-11-13-5-3-2-4-6-13/h2-10H,11-12H2,1H3,(H,17,18). The highest BCUT2D eigenvalue weighted by molar-refractivity contribution is 5.94. The van der Waals surface area contributed by atoms with Gasteiger partial charge in [-0.15, -0.1) is 0 Å². The summed E-state index contributed by atoms with van der Waals surface area (Å²) in [5.74, 6) is 0.694. The van der Waals surface area contributed by atoms with E-state index in [4.69, 9.17) is 4.74 Å². The second-order valence-corrected chi connectivity index (χ2v) is 4.19. The van der Waals surface area contributed by atoms with Crippen molar-refractivity contribution < 1.29 is 9.53 Å².